The number of rotatable bonds is 3. The number of nitrogens with one attached hydrogen (secondary N) is 2. The third-order valence-corrected chi connectivity index (χ3v) is 4.54. The second-order valence-corrected chi connectivity index (χ2v) is 6.18. The smallest absolute Gasteiger partial charge is 0.235 e. The molecule has 1 saturated carbocycles. The van der Waals surface area contributed by atoms with E-state index >= 15 is 0 Å². The van der Waals surface area contributed by atoms with Gasteiger partial charge in [0.2, 0.25) is 5.91 Å². The zero-order valence-corrected chi connectivity index (χ0v) is 12.5. The van der Waals surface area contributed by atoms with Gasteiger partial charge in [-0.05, 0) is 19.8 Å². The molecule has 5 nitrogen and oxygen atoms in total. The summed E-state index contributed by atoms with van der Waals surface area (Å²) in [6.07, 6.45) is 6.02. The van der Waals surface area contributed by atoms with Gasteiger partial charge in [0.15, 0.2) is 0 Å². The molecule has 0 aromatic heterocycles. The molecular formula is C15H26N4O. The summed E-state index contributed by atoms with van der Waals surface area (Å²) in [5.74, 6) is 0.00204. The van der Waals surface area contributed by atoms with Crippen LogP contribution in [0.5, 0.6) is 0 Å². The molecule has 5 heteroatoms. The predicted molar refractivity (Wildman–Crippen MR) is 78.1 cm³/mol. The predicted octanol–water partition coefficient (Wildman–Crippen LogP) is 1.01. The van der Waals surface area contributed by atoms with Gasteiger partial charge in [0.1, 0.15) is 5.54 Å². The summed E-state index contributed by atoms with van der Waals surface area (Å²) in [7, 11) is 0. The number of piperazine rings is 1. The highest BCUT2D eigenvalue weighted by atomic mass is 16.2. The van der Waals surface area contributed by atoms with E-state index < -0.39 is 5.54 Å². The Labute approximate surface area is 121 Å². The SMILES string of the molecule is C[C@H]1CNCCN1CC(=O)NC1(C#N)CCCCCC1. The molecule has 1 amide bonds. The van der Waals surface area contributed by atoms with Crippen LogP contribution in [0.25, 0.3) is 0 Å². The molecule has 0 bridgehead atoms. The molecular weight excluding hydrogens is 252 g/mol. The second-order valence-electron chi connectivity index (χ2n) is 6.18. The Balaban J connectivity index is 1.90. The van der Waals surface area contributed by atoms with Crippen molar-refractivity contribution < 1.29 is 4.79 Å². The lowest BCUT2D eigenvalue weighted by atomic mass is 9.92. The lowest BCUT2D eigenvalue weighted by molar-refractivity contribution is -0.124. The van der Waals surface area contributed by atoms with E-state index in [-0.39, 0.29) is 5.91 Å². The maximum Gasteiger partial charge on any atom is 0.235 e. The van der Waals surface area contributed by atoms with E-state index in [0.717, 1.165) is 45.3 Å². The number of carbonyl (C=O) groups is 1. The zero-order chi connectivity index (χ0) is 14.4. The highest BCUT2D eigenvalue weighted by molar-refractivity contribution is 5.79. The highest BCUT2D eigenvalue weighted by Gasteiger charge is 2.33. The first-order chi connectivity index (χ1) is 9.65. The number of carbonyl (C=O) groups excluding carboxylic acids is 1. The molecule has 1 heterocycles. The lowest BCUT2D eigenvalue weighted by Gasteiger charge is -2.34. The van der Waals surface area contributed by atoms with Crippen molar-refractivity contribution in [3.63, 3.8) is 0 Å². The molecule has 2 aliphatic rings. The summed E-state index contributed by atoms with van der Waals surface area (Å²) in [5, 5.41) is 15.8. The van der Waals surface area contributed by atoms with Gasteiger partial charge in [-0.25, -0.2) is 0 Å². The Morgan fingerprint density at radius 2 is 2.10 bits per heavy atom. The quantitative estimate of drug-likeness (QED) is 0.756. The first-order valence-electron chi connectivity index (χ1n) is 7.82. The van der Waals surface area contributed by atoms with Crippen LogP contribution in [0.2, 0.25) is 0 Å². The Kier molecular flexibility index (Phi) is 5.38. The van der Waals surface area contributed by atoms with E-state index in [1.54, 1.807) is 0 Å². The number of hydrogen-bond donors (Lipinski definition) is 2. The number of nitrogens with zero attached hydrogens (tertiary/aromatic N) is 2. The molecule has 1 aliphatic carbocycles. The Morgan fingerprint density at radius 3 is 2.70 bits per heavy atom. The van der Waals surface area contributed by atoms with Gasteiger partial charge in [-0.1, -0.05) is 25.7 Å². The van der Waals surface area contributed by atoms with Crippen LogP contribution in [-0.4, -0.2) is 48.6 Å². The van der Waals surface area contributed by atoms with Crippen LogP contribution >= 0.6 is 0 Å². The highest BCUT2D eigenvalue weighted by Crippen LogP contribution is 2.26. The van der Waals surface area contributed by atoms with Crippen molar-refractivity contribution in [3.8, 4) is 6.07 Å². The van der Waals surface area contributed by atoms with Gasteiger partial charge in [0.25, 0.3) is 0 Å². The average molecular weight is 278 g/mol. The first-order valence-corrected chi connectivity index (χ1v) is 7.82. The molecule has 0 radical (unpaired) electrons. The molecule has 0 aromatic carbocycles. The molecule has 112 valence electrons. The number of nitriles is 1. The second kappa shape index (κ2) is 7.05. The van der Waals surface area contributed by atoms with E-state index in [2.05, 4.69) is 28.5 Å². The summed E-state index contributed by atoms with van der Waals surface area (Å²) < 4.78 is 0. The Morgan fingerprint density at radius 1 is 1.40 bits per heavy atom. The first kappa shape index (κ1) is 15.3. The van der Waals surface area contributed by atoms with Gasteiger partial charge in [0.05, 0.1) is 12.6 Å². The van der Waals surface area contributed by atoms with Gasteiger partial charge < -0.3 is 10.6 Å². The Bertz CT molecular complexity index is 369. The third kappa shape index (κ3) is 3.94. The fraction of sp³-hybridized carbons (Fsp3) is 0.867. The summed E-state index contributed by atoms with van der Waals surface area (Å²) in [6.45, 7) is 5.29. The fourth-order valence-corrected chi connectivity index (χ4v) is 3.21. The van der Waals surface area contributed by atoms with Crippen molar-refractivity contribution in [3.05, 3.63) is 0 Å². The summed E-state index contributed by atoms with van der Waals surface area (Å²) in [6, 6.07) is 2.75. The average Bonchev–Trinajstić information content (AvgIpc) is 2.67. The molecule has 2 rings (SSSR count). The molecule has 1 aliphatic heterocycles. The normalized spacial score (nSPS) is 27.3. The molecule has 0 spiro atoms. The number of amides is 1. The van der Waals surface area contributed by atoms with Crippen molar-refractivity contribution in [2.45, 2.75) is 57.0 Å². The topological polar surface area (TPSA) is 68.2 Å². The van der Waals surface area contributed by atoms with Gasteiger partial charge in [-0.3, -0.25) is 9.69 Å². The zero-order valence-electron chi connectivity index (χ0n) is 12.5. The van der Waals surface area contributed by atoms with E-state index in [1.807, 2.05) is 0 Å². The monoisotopic (exact) mass is 278 g/mol. The molecule has 20 heavy (non-hydrogen) atoms. The van der Waals surface area contributed by atoms with Crippen molar-refractivity contribution >= 4 is 5.91 Å². The number of hydrogen-bond acceptors (Lipinski definition) is 4. The summed E-state index contributed by atoms with van der Waals surface area (Å²) >= 11 is 0. The largest absolute Gasteiger partial charge is 0.337 e. The van der Waals surface area contributed by atoms with Crippen LogP contribution in [0.3, 0.4) is 0 Å². The van der Waals surface area contributed by atoms with Crippen molar-refractivity contribution in [2.24, 2.45) is 0 Å². The van der Waals surface area contributed by atoms with Crippen molar-refractivity contribution in [1.29, 1.82) is 5.26 Å². The minimum absolute atomic E-state index is 0.00204. The molecule has 0 aromatic rings. The summed E-state index contributed by atoms with van der Waals surface area (Å²) in [5.41, 5.74) is -0.620. The van der Waals surface area contributed by atoms with E-state index in [9.17, 15) is 10.1 Å². The van der Waals surface area contributed by atoms with Crippen LogP contribution in [0.1, 0.15) is 45.4 Å². The van der Waals surface area contributed by atoms with Gasteiger partial charge in [0, 0.05) is 25.7 Å². The van der Waals surface area contributed by atoms with E-state index in [4.69, 9.17) is 0 Å². The van der Waals surface area contributed by atoms with Crippen LogP contribution in [-0.2, 0) is 4.79 Å². The molecule has 2 N–H and O–H groups in total. The maximum absolute atomic E-state index is 12.3. The van der Waals surface area contributed by atoms with Gasteiger partial charge in [-0.15, -0.1) is 0 Å². The fourth-order valence-electron chi connectivity index (χ4n) is 3.21. The van der Waals surface area contributed by atoms with Crippen LogP contribution in [0.4, 0.5) is 0 Å². The minimum atomic E-state index is -0.620. The van der Waals surface area contributed by atoms with Crippen LogP contribution < -0.4 is 10.6 Å². The molecule has 1 saturated heterocycles. The standard InChI is InChI=1S/C15H26N4O/c1-13-10-17-8-9-19(13)11-14(20)18-15(12-16)6-4-2-3-5-7-15/h13,17H,2-11H2,1H3,(H,18,20)/t13-/m0/s1. The molecule has 1 atom stereocenters. The maximum atomic E-state index is 12.3. The third-order valence-electron chi connectivity index (χ3n) is 4.54. The van der Waals surface area contributed by atoms with E-state index in [1.165, 1.54) is 12.8 Å². The minimum Gasteiger partial charge on any atom is -0.337 e. The van der Waals surface area contributed by atoms with Crippen molar-refractivity contribution in [1.82, 2.24) is 15.5 Å². The molecule has 2 fully saturated rings. The van der Waals surface area contributed by atoms with Crippen LogP contribution in [0.15, 0.2) is 0 Å². The van der Waals surface area contributed by atoms with Gasteiger partial charge in [-0.2, -0.15) is 5.26 Å². The summed E-state index contributed by atoms with van der Waals surface area (Å²) in [4.78, 5) is 14.5. The van der Waals surface area contributed by atoms with Crippen molar-refractivity contribution in [2.75, 3.05) is 26.2 Å². The van der Waals surface area contributed by atoms with E-state index in [0.29, 0.717) is 12.6 Å². The lowest BCUT2D eigenvalue weighted by Crippen LogP contribution is -2.55. The molecule has 0 unspecified atom stereocenters. The van der Waals surface area contributed by atoms with Crippen LogP contribution in [0, 0.1) is 11.3 Å². The Hall–Kier alpha value is -1.12. The van der Waals surface area contributed by atoms with Gasteiger partial charge >= 0.3 is 0 Å².